The zero-order valence-corrected chi connectivity index (χ0v) is 41.2. The Hall–Kier alpha value is -1.74. The quantitative estimate of drug-likeness (QED) is 0.0166. The van der Waals surface area contributed by atoms with Crippen LogP contribution in [0.5, 0.6) is 0 Å². The molecule has 0 aromatic carbocycles. The van der Waals surface area contributed by atoms with E-state index in [0.717, 1.165) is 70.6 Å². The number of ether oxygens (including phenoxy) is 2. The van der Waals surface area contributed by atoms with Gasteiger partial charge in [-0.1, -0.05) is 153 Å². The highest BCUT2D eigenvalue weighted by Crippen LogP contribution is 2.45. The van der Waals surface area contributed by atoms with Crippen LogP contribution in [0.3, 0.4) is 0 Å². The maximum absolute atomic E-state index is 12.2. The number of hydrogen-bond donors (Lipinski definition) is 5. The molecule has 0 rings (SSSR count). The first-order valence-corrected chi connectivity index (χ1v) is 27.3. The van der Waals surface area contributed by atoms with Crippen molar-refractivity contribution in [2.45, 2.75) is 212 Å². The molecule has 0 saturated carbocycles. The highest BCUT2D eigenvalue weighted by molar-refractivity contribution is 7.47. The lowest BCUT2D eigenvalue weighted by molar-refractivity contribution is -0.148. The fraction of sp³-hybridized carbons (Fsp3) is 0.830. The van der Waals surface area contributed by atoms with Crippen molar-refractivity contribution in [1.82, 2.24) is 0 Å². The maximum atomic E-state index is 12.2. The van der Waals surface area contributed by atoms with Crippen molar-refractivity contribution in [2.75, 3.05) is 39.6 Å². The van der Waals surface area contributed by atoms with Crippen molar-refractivity contribution in [3.63, 3.8) is 0 Å². The van der Waals surface area contributed by atoms with Crippen molar-refractivity contribution in [2.24, 2.45) is 0 Å². The van der Waals surface area contributed by atoms with Crippen molar-refractivity contribution in [3.8, 4) is 0 Å². The summed E-state index contributed by atoms with van der Waals surface area (Å²) in [5.41, 5.74) is 0. The van der Waals surface area contributed by atoms with Gasteiger partial charge >= 0.3 is 27.6 Å². The van der Waals surface area contributed by atoms with Crippen LogP contribution in [0.25, 0.3) is 0 Å². The van der Waals surface area contributed by atoms with Crippen LogP contribution in [0.2, 0.25) is 0 Å². The summed E-state index contributed by atoms with van der Waals surface area (Å²) >= 11 is 0. The summed E-state index contributed by atoms with van der Waals surface area (Å²) in [4.78, 5) is 43.7. The van der Waals surface area contributed by atoms with Gasteiger partial charge in [0.15, 0.2) is 0 Å². The summed E-state index contributed by atoms with van der Waals surface area (Å²) in [5, 5.41) is 30.0. The second-order valence-corrected chi connectivity index (χ2v) is 19.4. The minimum atomic E-state index is -4.78. The second-order valence-electron chi connectivity index (χ2n) is 16.5. The van der Waals surface area contributed by atoms with E-state index in [1.807, 2.05) is 0 Å². The Morgan fingerprint density at radius 1 is 0.406 bits per heavy atom. The van der Waals surface area contributed by atoms with Crippen molar-refractivity contribution >= 4 is 27.6 Å². The molecular formula is C47H88O15P2. The molecule has 0 bridgehead atoms. The molecule has 0 spiro atoms. The van der Waals surface area contributed by atoms with Gasteiger partial charge in [0.05, 0.1) is 26.4 Å². The summed E-state index contributed by atoms with van der Waals surface area (Å²) < 4.78 is 52.9. The monoisotopic (exact) mass is 955 g/mol. The fourth-order valence-corrected chi connectivity index (χ4v) is 7.81. The Balaban J connectivity index is 3.85. The topological polar surface area (TPSA) is 225 Å². The minimum absolute atomic E-state index is 0.187. The van der Waals surface area contributed by atoms with E-state index < -0.39 is 85.5 Å². The molecule has 0 aliphatic carbocycles. The standard InChI is InChI=1S/C47H88O15P2/c1-3-5-7-9-11-13-15-16-17-18-19-20-21-22-23-24-26-28-30-32-34-36-47(52)58-38-44(49)40-60-64(55,56)62-42-45(50)41-61-63(53,54)59-39-43(48)37-57-46(51)35-33-31-29-27-25-14-12-10-8-6-4-2/h10-13,16-17,43-45,48-50H,3-9,14-15,18-42H2,1-2H3,(H,53,54)(H,55,56)/b12-10-,13-11-,17-16-. The molecule has 0 heterocycles. The van der Waals surface area contributed by atoms with Gasteiger partial charge in [-0.25, -0.2) is 9.13 Å². The van der Waals surface area contributed by atoms with Crippen LogP contribution in [0, 0.1) is 0 Å². The number of phosphoric acid groups is 2. The third kappa shape index (κ3) is 45.4. The van der Waals surface area contributed by atoms with Crippen LogP contribution in [-0.2, 0) is 46.3 Å². The molecule has 64 heavy (non-hydrogen) atoms. The molecule has 0 aromatic heterocycles. The van der Waals surface area contributed by atoms with E-state index in [2.05, 4.69) is 68.4 Å². The van der Waals surface area contributed by atoms with Crippen LogP contribution in [0.1, 0.15) is 194 Å². The Kier molecular flexibility index (Phi) is 42.6. The molecule has 0 aliphatic heterocycles. The third-order valence-electron chi connectivity index (χ3n) is 10.1. The number of esters is 2. The van der Waals surface area contributed by atoms with Crippen LogP contribution < -0.4 is 0 Å². The molecule has 5 N–H and O–H groups in total. The highest BCUT2D eigenvalue weighted by Gasteiger charge is 2.28. The maximum Gasteiger partial charge on any atom is 0.472 e. The SMILES string of the molecule is CCCC/C=C\CCCCCCCC(=O)OCC(O)COP(=O)(O)OCC(O)COP(=O)(O)OCC(O)COC(=O)CCCCCCCCCCCCC/C=C\C/C=C\CCCCC. The lowest BCUT2D eigenvalue weighted by Gasteiger charge is -2.19. The predicted molar refractivity (Wildman–Crippen MR) is 251 cm³/mol. The number of carbonyl (C=O) groups excluding carboxylic acids is 2. The first kappa shape index (κ1) is 62.3. The smallest absolute Gasteiger partial charge is 0.463 e. The normalized spacial score (nSPS) is 15.4. The van der Waals surface area contributed by atoms with E-state index in [0.29, 0.717) is 12.8 Å². The number of hydrogen-bond acceptors (Lipinski definition) is 13. The van der Waals surface area contributed by atoms with Crippen molar-refractivity contribution in [3.05, 3.63) is 36.5 Å². The first-order chi connectivity index (χ1) is 30.8. The number of phosphoric ester groups is 2. The molecule has 376 valence electrons. The van der Waals surface area contributed by atoms with Gasteiger partial charge in [0, 0.05) is 12.8 Å². The summed E-state index contributed by atoms with van der Waals surface area (Å²) in [6, 6.07) is 0. The first-order valence-electron chi connectivity index (χ1n) is 24.3. The molecular weight excluding hydrogens is 866 g/mol. The largest absolute Gasteiger partial charge is 0.472 e. The fourth-order valence-electron chi connectivity index (χ4n) is 6.22. The van der Waals surface area contributed by atoms with Crippen LogP contribution in [0.15, 0.2) is 36.5 Å². The van der Waals surface area contributed by atoms with Gasteiger partial charge in [0.1, 0.15) is 31.5 Å². The lowest BCUT2D eigenvalue weighted by atomic mass is 10.0. The summed E-state index contributed by atoms with van der Waals surface area (Å²) in [6.45, 7) is 0.350. The highest BCUT2D eigenvalue weighted by atomic mass is 31.2. The second kappa shape index (κ2) is 43.8. The minimum Gasteiger partial charge on any atom is -0.463 e. The number of aliphatic hydroxyl groups excluding tert-OH is 3. The van der Waals surface area contributed by atoms with Gasteiger partial charge in [-0.15, -0.1) is 0 Å². The molecule has 15 nitrogen and oxygen atoms in total. The molecule has 0 aromatic rings. The molecule has 5 unspecified atom stereocenters. The molecule has 17 heteroatoms. The molecule has 0 fully saturated rings. The van der Waals surface area contributed by atoms with E-state index in [4.69, 9.17) is 9.47 Å². The van der Waals surface area contributed by atoms with Crippen LogP contribution >= 0.6 is 15.6 Å². The number of unbranched alkanes of at least 4 members (excludes halogenated alkanes) is 21. The van der Waals surface area contributed by atoms with E-state index in [-0.39, 0.29) is 12.8 Å². The van der Waals surface area contributed by atoms with E-state index in [1.165, 1.54) is 83.5 Å². The number of carbonyl (C=O) groups is 2. The summed E-state index contributed by atoms with van der Waals surface area (Å²) in [6.07, 6.45) is 38.5. The zero-order valence-electron chi connectivity index (χ0n) is 39.5. The number of aliphatic hydroxyl groups is 3. The van der Waals surface area contributed by atoms with Gasteiger partial charge in [-0.05, 0) is 64.2 Å². The summed E-state index contributed by atoms with van der Waals surface area (Å²) in [7, 11) is -9.57. The van der Waals surface area contributed by atoms with E-state index >= 15 is 0 Å². The van der Waals surface area contributed by atoms with Crippen molar-refractivity contribution in [1.29, 1.82) is 0 Å². The number of allylic oxidation sites excluding steroid dienone is 6. The predicted octanol–water partition coefficient (Wildman–Crippen LogP) is 11.1. The Morgan fingerprint density at radius 2 is 0.688 bits per heavy atom. The van der Waals surface area contributed by atoms with Gasteiger partial charge in [-0.2, -0.15) is 0 Å². The average molecular weight is 955 g/mol. The lowest BCUT2D eigenvalue weighted by Crippen LogP contribution is -2.25. The van der Waals surface area contributed by atoms with Gasteiger partial charge in [0.25, 0.3) is 0 Å². The van der Waals surface area contributed by atoms with Crippen LogP contribution in [-0.4, -0.2) is 95.0 Å². The Morgan fingerprint density at radius 3 is 1.05 bits per heavy atom. The molecule has 5 atom stereocenters. The van der Waals surface area contributed by atoms with Gasteiger partial charge in [0.2, 0.25) is 0 Å². The van der Waals surface area contributed by atoms with E-state index in [1.54, 1.807) is 0 Å². The number of rotatable bonds is 47. The van der Waals surface area contributed by atoms with Gasteiger partial charge < -0.3 is 34.6 Å². The average Bonchev–Trinajstić information content (AvgIpc) is 3.27. The Bertz CT molecular complexity index is 1290. The van der Waals surface area contributed by atoms with E-state index in [9.17, 15) is 43.8 Å². The Labute approximate surface area is 386 Å². The molecule has 0 saturated heterocycles. The van der Waals surface area contributed by atoms with Crippen molar-refractivity contribution < 1.29 is 71.4 Å². The zero-order chi connectivity index (χ0) is 47.4. The summed E-state index contributed by atoms with van der Waals surface area (Å²) in [5.74, 6) is -1.00. The molecule has 0 radical (unpaired) electrons. The van der Waals surface area contributed by atoms with Gasteiger partial charge in [-0.3, -0.25) is 27.7 Å². The van der Waals surface area contributed by atoms with Crippen LogP contribution in [0.4, 0.5) is 0 Å². The molecule has 0 amide bonds. The molecule has 0 aliphatic rings. The third-order valence-corrected chi connectivity index (χ3v) is 12.0.